The van der Waals surface area contributed by atoms with Gasteiger partial charge in [-0.05, 0) is 36.8 Å². The van der Waals surface area contributed by atoms with E-state index < -0.39 is 15.8 Å². The Morgan fingerprint density at radius 1 is 1.11 bits per heavy atom. The second-order valence-electron chi connectivity index (χ2n) is 5.74. The van der Waals surface area contributed by atoms with Gasteiger partial charge in [-0.25, -0.2) is 16.8 Å². The van der Waals surface area contributed by atoms with Crippen LogP contribution in [0, 0.1) is 5.82 Å². The number of aromatic nitrogens is 1. The van der Waals surface area contributed by atoms with Crippen LogP contribution in [0.5, 0.6) is 0 Å². The maximum atomic E-state index is 13.9. The van der Waals surface area contributed by atoms with E-state index in [2.05, 4.69) is 10.2 Å². The van der Waals surface area contributed by atoms with E-state index >= 15 is 0 Å². The molecule has 0 radical (unpaired) electrons. The Hall–Kier alpha value is -3.20. The van der Waals surface area contributed by atoms with Gasteiger partial charge in [-0.1, -0.05) is 25.1 Å². The van der Waals surface area contributed by atoms with Gasteiger partial charge in [-0.15, -0.1) is 5.10 Å². The summed E-state index contributed by atoms with van der Waals surface area (Å²) in [6.45, 7) is 1.81. The number of benzene rings is 2. The fraction of sp³-hybridized carbons (Fsp3) is 0.111. The third kappa shape index (κ3) is 3.54. The highest BCUT2D eigenvalue weighted by Gasteiger charge is 2.23. The minimum atomic E-state index is -3.88. The molecular weight excluding hydrogens is 369 g/mol. The van der Waals surface area contributed by atoms with Crippen LogP contribution in [0.25, 0.3) is 10.9 Å². The van der Waals surface area contributed by atoms with Gasteiger partial charge < -0.3 is 11.5 Å². The first kappa shape index (κ1) is 18.6. The zero-order chi connectivity index (χ0) is 19.6. The largest absolute Gasteiger partial charge is 0.369 e. The summed E-state index contributed by atoms with van der Waals surface area (Å²) in [5.74, 6) is -0.719. The van der Waals surface area contributed by atoms with Crippen LogP contribution in [0.2, 0.25) is 0 Å². The fourth-order valence-electron chi connectivity index (χ4n) is 2.74. The fourth-order valence-corrected chi connectivity index (χ4v) is 4.13. The number of nitrogens with zero attached hydrogens (tertiary/aromatic N) is 3. The maximum absolute atomic E-state index is 13.9. The minimum absolute atomic E-state index is 0.122. The van der Waals surface area contributed by atoms with Crippen molar-refractivity contribution in [2.45, 2.75) is 18.2 Å². The number of fused-ring (bicyclic) bond motifs is 1. The molecule has 0 bridgehead atoms. The second-order valence-corrected chi connectivity index (χ2v) is 7.56. The molecule has 1 aromatic heterocycles. The molecule has 2 aromatic carbocycles. The highest BCUT2D eigenvalue weighted by atomic mass is 32.2. The molecule has 3 aromatic rings. The molecule has 0 saturated heterocycles. The van der Waals surface area contributed by atoms with Gasteiger partial charge in [0, 0.05) is 17.1 Å². The Balaban J connectivity index is 2.31. The highest BCUT2D eigenvalue weighted by Crippen LogP contribution is 2.28. The van der Waals surface area contributed by atoms with Crippen LogP contribution >= 0.6 is 0 Å². The van der Waals surface area contributed by atoms with E-state index in [4.69, 9.17) is 11.5 Å². The van der Waals surface area contributed by atoms with Gasteiger partial charge in [0.1, 0.15) is 5.82 Å². The molecule has 0 fully saturated rings. The number of hydrogen-bond acceptors (Lipinski definition) is 4. The summed E-state index contributed by atoms with van der Waals surface area (Å²) in [5, 5.41) is 8.03. The Morgan fingerprint density at radius 2 is 1.81 bits per heavy atom. The lowest BCUT2D eigenvalue weighted by Gasteiger charge is -2.07. The predicted octanol–water partition coefficient (Wildman–Crippen LogP) is 2.40. The topological polar surface area (TPSA) is 116 Å². The summed E-state index contributed by atoms with van der Waals surface area (Å²) < 4.78 is 41.1. The van der Waals surface area contributed by atoms with Gasteiger partial charge in [-0.3, -0.25) is 0 Å². The lowest BCUT2D eigenvalue weighted by Crippen LogP contribution is -2.22. The maximum Gasteiger partial charge on any atom is 0.268 e. The summed E-state index contributed by atoms with van der Waals surface area (Å²) in [6, 6.07) is 11.9. The molecule has 0 aliphatic heterocycles. The van der Waals surface area contributed by atoms with E-state index in [9.17, 15) is 12.8 Å². The molecule has 0 aliphatic rings. The molecular formula is C18H18FN5O2S. The first-order valence-electron chi connectivity index (χ1n) is 8.11. The van der Waals surface area contributed by atoms with Crippen molar-refractivity contribution in [2.75, 3.05) is 0 Å². The van der Waals surface area contributed by atoms with Gasteiger partial charge >= 0.3 is 0 Å². The first-order valence-corrected chi connectivity index (χ1v) is 9.55. The Morgan fingerprint density at radius 3 is 2.44 bits per heavy atom. The number of hydrogen-bond donors (Lipinski definition) is 2. The summed E-state index contributed by atoms with van der Waals surface area (Å²) in [5.41, 5.74) is 11.8. The van der Waals surface area contributed by atoms with E-state index in [0.29, 0.717) is 28.6 Å². The van der Waals surface area contributed by atoms with Gasteiger partial charge in [0.2, 0.25) is 5.96 Å². The first-order chi connectivity index (χ1) is 12.8. The molecule has 3 rings (SSSR count). The van der Waals surface area contributed by atoms with Crippen LogP contribution in [0.1, 0.15) is 18.9 Å². The van der Waals surface area contributed by atoms with E-state index in [1.807, 2.05) is 6.92 Å². The Kier molecular flexibility index (Phi) is 4.95. The van der Waals surface area contributed by atoms with Gasteiger partial charge in [0.25, 0.3) is 10.0 Å². The van der Waals surface area contributed by atoms with Gasteiger partial charge in [-0.2, -0.15) is 5.10 Å². The van der Waals surface area contributed by atoms with Crippen molar-refractivity contribution in [3.63, 3.8) is 0 Å². The van der Waals surface area contributed by atoms with Crippen molar-refractivity contribution in [1.82, 2.24) is 3.97 Å². The average molecular weight is 387 g/mol. The molecule has 0 amide bonds. The molecule has 1 heterocycles. The lowest BCUT2D eigenvalue weighted by atomic mass is 10.1. The van der Waals surface area contributed by atoms with Crippen molar-refractivity contribution in [1.29, 1.82) is 0 Å². The number of nitrogens with two attached hydrogens (primary N) is 2. The zero-order valence-electron chi connectivity index (χ0n) is 14.5. The number of guanidine groups is 1. The number of rotatable bonds is 5. The van der Waals surface area contributed by atoms with Crippen LogP contribution < -0.4 is 11.5 Å². The SMILES string of the molecule is CC/C(=N/N=C(N)N)c1cn(S(=O)(=O)c2ccccc2)c2ccc(F)cc12. The second kappa shape index (κ2) is 7.20. The third-order valence-electron chi connectivity index (χ3n) is 3.96. The molecule has 27 heavy (non-hydrogen) atoms. The molecule has 0 atom stereocenters. The van der Waals surface area contributed by atoms with Gasteiger partial charge in [0.05, 0.1) is 16.1 Å². The Bertz CT molecular complexity index is 1150. The van der Waals surface area contributed by atoms with Crippen molar-refractivity contribution < 1.29 is 12.8 Å². The molecule has 9 heteroatoms. The van der Waals surface area contributed by atoms with Crippen molar-refractivity contribution in [3.8, 4) is 0 Å². The van der Waals surface area contributed by atoms with Crippen LogP contribution in [-0.2, 0) is 10.0 Å². The molecule has 0 unspecified atom stereocenters. The summed E-state index contributed by atoms with van der Waals surface area (Å²) in [7, 11) is -3.88. The van der Waals surface area contributed by atoms with Crippen LogP contribution in [-0.4, -0.2) is 24.1 Å². The van der Waals surface area contributed by atoms with E-state index in [0.717, 1.165) is 3.97 Å². The molecule has 7 nitrogen and oxygen atoms in total. The van der Waals surface area contributed by atoms with Crippen LogP contribution in [0.4, 0.5) is 4.39 Å². The normalized spacial score (nSPS) is 12.3. The summed E-state index contributed by atoms with van der Waals surface area (Å²) in [6.07, 6.45) is 1.83. The molecule has 0 spiro atoms. The molecule has 0 aliphatic carbocycles. The summed E-state index contributed by atoms with van der Waals surface area (Å²) in [4.78, 5) is 0.122. The number of halogens is 1. The quantitative estimate of drug-likeness (QED) is 0.397. The van der Waals surface area contributed by atoms with E-state index in [1.54, 1.807) is 18.2 Å². The molecule has 140 valence electrons. The van der Waals surface area contributed by atoms with E-state index in [1.165, 1.54) is 36.5 Å². The standard InChI is InChI=1S/C18H18FN5O2S/c1-2-16(22-23-18(20)21)15-11-24(17-9-8-12(19)10-14(15)17)27(25,26)13-6-4-3-5-7-13/h3-11H,2H2,1H3,(H4,20,21,23)/b22-16-. The lowest BCUT2D eigenvalue weighted by molar-refractivity contribution is 0.589. The average Bonchev–Trinajstić information content (AvgIpc) is 3.02. The minimum Gasteiger partial charge on any atom is -0.369 e. The van der Waals surface area contributed by atoms with E-state index in [-0.39, 0.29) is 10.9 Å². The van der Waals surface area contributed by atoms with Crippen molar-refractivity contribution >= 4 is 32.6 Å². The predicted molar refractivity (Wildman–Crippen MR) is 104 cm³/mol. The molecule has 0 saturated carbocycles. The van der Waals surface area contributed by atoms with Crippen molar-refractivity contribution in [2.24, 2.45) is 21.7 Å². The van der Waals surface area contributed by atoms with Crippen LogP contribution in [0.3, 0.4) is 0 Å². The van der Waals surface area contributed by atoms with Crippen LogP contribution in [0.15, 0.2) is 69.8 Å². The zero-order valence-corrected chi connectivity index (χ0v) is 15.3. The Labute approximate surface area is 155 Å². The van der Waals surface area contributed by atoms with Gasteiger partial charge in [0.15, 0.2) is 0 Å². The van der Waals surface area contributed by atoms with Crippen molar-refractivity contribution in [3.05, 3.63) is 66.1 Å². The third-order valence-corrected chi connectivity index (χ3v) is 5.65. The smallest absolute Gasteiger partial charge is 0.268 e. The molecule has 4 N–H and O–H groups in total. The summed E-state index contributed by atoms with van der Waals surface area (Å²) >= 11 is 0. The monoisotopic (exact) mass is 387 g/mol. The highest BCUT2D eigenvalue weighted by molar-refractivity contribution is 7.90.